The lowest BCUT2D eigenvalue weighted by Gasteiger charge is -2.21. The van der Waals surface area contributed by atoms with Crippen molar-refractivity contribution in [1.29, 1.82) is 0 Å². The molecule has 0 aromatic heterocycles. The van der Waals surface area contributed by atoms with Gasteiger partial charge in [0.15, 0.2) is 0 Å². The van der Waals surface area contributed by atoms with Gasteiger partial charge in [-0.2, -0.15) is 0 Å². The van der Waals surface area contributed by atoms with Crippen LogP contribution in [-0.4, -0.2) is 56.4 Å². The summed E-state index contributed by atoms with van der Waals surface area (Å²) in [5, 5.41) is 6.01. The Morgan fingerprint density at radius 3 is 1.64 bits per heavy atom. The van der Waals surface area contributed by atoms with Gasteiger partial charge in [0, 0.05) is 18.9 Å². The first-order chi connectivity index (χ1) is 13.6. The van der Waals surface area contributed by atoms with Gasteiger partial charge in [0.25, 0.3) is 0 Å². The topological polar surface area (TPSA) is 61.4 Å². The molecule has 0 aromatic carbocycles. The van der Waals surface area contributed by atoms with E-state index in [1.54, 1.807) is 0 Å². The Kier molecular flexibility index (Phi) is 38.0. The van der Waals surface area contributed by atoms with Gasteiger partial charge in [-0.05, 0) is 65.8 Å². The van der Waals surface area contributed by atoms with E-state index in [-0.39, 0.29) is 17.6 Å². The summed E-state index contributed by atoms with van der Waals surface area (Å²) < 4.78 is 0. The molecule has 2 rings (SSSR count). The summed E-state index contributed by atoms with van der Waals surface area (Å²) >= 11 is 0. The van der Waals surface area contributed by atoms with Gasteiger partial charge < -0.3 is 15.5 Å². The SMILES string of the molecule is CC.CC.CC.CC.CC(=O)CCNC(=O)C1CCNCC1.CN1CCCC1. The molecule has 2 aliphatic rings. The highest BCUT2D eigenvalue weighted by molar-refractivity contribution is 5.80. The third-order valence-corrected chi connectivity index (χ3v) is 3.82. The molecule has 0 atom stereocenters. The largest absolute Gasteiger partial charge is 0.355 e. The van der Waals surface area contributed by atoms with Crippen LogP contribution in [0, 0.1) is 5.92 Å². The van der Waals surface area contributed by atoms with Crippen molar-refractivity contribution >= 4 is 11.7 Å². The van der Waals surface area contributed by atoms with E-state index in [4.69, 9.17) is 0 Å². The predicted molar refractivity (Wildman–Crippen MR) is 126 cm³/mol. The number of amides is 1. The molecule has 28 heavy (non-hydrogen) atoms. The van der Waals surface area contributed by atoms with E-state index < -0.39 is 0 Å². The van der Waals surface area contributed by atoms with Crippen molar-refractivity contribution in [2.45, 2.75) is 94.4 Å². The van der Waals surface area contributed by atoms with E-state index in [1.807, 2.05) is 55.4 Å². The normalized spacial score (nSPS) is 15.2. The molecule has 0 spiro atoms. The number of carbonyl (C=O) groups excluding carboxylic acids is 2. The first-order valence-electron chi connectivity index (χ1n) is 11.8. The summed E-state index contributed by atoms with van der Waals surface area (Å²) in [4.78, 5) is 24.5. The highest BCUT2D eigenvalue weighted by atomic mass is 16.2. The van der Waals surface area contributed by atoms with Crippen molar-refractivity contribution in [2.75, 3.05) is 39.8 Å². The Labute approximate surface area is 177 Å². The fourth-order valence-electron chi connectivity index (χ4n) is 2.47. The Morgan fingerprint density at radius 1 is 0.893 bits per heavy atom. The highest BCUT2D eigenvalue weighted by Gasteiger charge is 2.20. The van der Waals surface area contributed by atoms with Gasteiger partial charge in [0.1, 0.15) is 5.78 Å². The van der Waals surface area contributed by atoms with Crippen molar-refractivity contribution in [1.82, 2.24) is 15.5 Å². The lowest BCUT2D eigenvalue weighted by Crippen LogP contribution is -2.38. The van der Waals surface area contributed by atoms with Crippen LogP contribution in [0.15, 0.2) is 0 Å². The van der Waals surface area contributed by atoms with Gasteiger partial charge >= 0.3 is 0 Å². The van der Waals surface area contributed by atoms with E-state index in [0.29, 0.717) is 13.0 Å². The molecule has 0 aliphatic carbocycles. The van der Waals surface area contributed by atoms with Crippen LogP contribution >= 0.6 is 0 Å². The second-order valence-electron chi connectivity index (χ2n) is 5.78. The minimum atomic E-state index is 0.104. The molecule has 0 unspecified atom stereocenters. The molecule has 0 bridgehead atoms. The summed E-state index contributed by atoms with van der Waals surface area (Å²) in [5.41, 5.74) is 0. The lowest BCUT2D eigenvalue weighted by molar-refractivity contribution is -0.125. The maximum atomic E-state index is 11.5. The number of rotatable bonds is 4. The van der Waals surface area contributed by atoms with Gasteiger partial charge in [0.2, 0.25) is 5.91 Å². The van der Waals surface area contributed by atoms with Gasteiger partial charge in [-0.1, -0.05) is 55.4 Å². The Bertz CT molecular complexity index is 298. The number of nitrogens with zero attached hydrogens (tertiary/aromatic N) is 1. The van der Waals surface area contributed by atoms with Crippen molar-refractivity contribution in [2.24, 2.45) is 5.92 Å². The zero-order chi connectivity index (χ0) is 22.8. The van der Waals surface area contributed by atoms with Crippen LogP contribution in [0.2, 0.25) is 0 Å². The molecule has 0 radical (unpaired) electrons. The number of Topliss-reactive ketones (excluding diaryl/α,β-unsaturated/α-hetero) is 1. The van der Waals surface area contributed by atoms with Gasteiger partial charge in [0.05, 0.1) is 0 Å². The molecular weight excluding hydrogens is 350 g/mol. The summed E-state index contributed by atoms with van der Waals surface area (Å²) in [6.45, 7) is 22.5. The molecule has 0 aromatic rings. The third-order valence-electron chi connectivity index (χ3n) is 3.82. The average molecular weight is 404 g/mol. The van der Waals surface area contributed by atoms with Crippen LogP contribution in [0.5, 0.6) is 0 Å². The van der Waals surface area contributed by atoms with Crippen molar-refractivity contribution in [3.05, 3.63) is 0 Å². The minimum absolute atomic E-state index is 0.104. The fraction of sp³-hybridized carbons (Fsp3) is 0.913. The van der Waals surface area contributed by atoms with E-state index in [0.717, 1.165) is 25.9 Å². The Hall–Kier alpha value is -0.940. The van der Waals surface area contributed by atoms with Gasteiger partial charge in [-0.25, -0.2) is 0 Å². The molecule has 2 fully saturated rings. The van der Waals surface area contributed by atoms with Crippen LogP contribution in [0.3, 0.4) is 0 Å². The van der Waals surface area contributed by atoms with Crippen molar-refractivity contribution in [3.63, 3.8) is 0 Å². The fourth-order valence-corrected chi connectivity index (χ4v) is 2.47. The molecule has 1 amide bonds. The number of likely N-dealkylation sites (tertiary alicyclic amines) is 1. The van der Waals surface area contributed by atoms with Gasteiger partial charge in [-0.15, -0.1) is 0 Å². The van der Waals surface area contributed by atoms with Gasteiger partial charge in [-0.3, -0.25) is 9.59 Å². The molecule has 5 nitrogen and oxygen atoms in total. The number of hydrogen-bond acceptors (Lipinski definition) is 4. The van der Waals surface area contributed by atoms with E-state index in [9.17, 15) is 9.59 Å². The molecule has 172 valence electrons. The molecule has 2 N–H and O–H groups in total. The van der Waals surface area contributed by atoms with Crippen molar-refractivity contribution < 1.29 is 9.59 Å². The maximum Gasteiger partial charge on any atom is 0.223 e. The van der Waals surface area contributed by atoms with Crippen LogP contribution in [-0.2, 0) is 9.59 Å². The molecular formula is C23H53N3O2. The zero-order valence-corrected chi connectivity index (χ0v) is 20.9. The first kappa shape index (κ1) is 34.6. The standard InChI is InChI=1S/C10H18N2O2.C5H11N.4C2H6/c1-8(13)2-7-12-10(14)9-3-5-11-6-4-9;1-6-4-2-3-5-6;4*1-2/h9,11H,2-7H2,1H3,(H,12,14);2-5H2,1H3;4*1-2H3. The number of carbonyl (C=O) groups is 2. The molecule has 2 heterocycles. The maximum absolute atomic E-state index is 11.5. The monoisotopic (exact) mass is 403 g/mol. The molecule has 0 saturated carbocycles. The summed E-state index contributed by atoms with van der Waals surface area (Å²) in [6.07, 6.45) is 5.08. The number of piperidine rings is 1. The van der Waals surface area contributed by atoms with E-state index in [2.05, 4.69) is 22.6 Å². The average Bonchev–Trinajstić information content (AvgIpc) is 3.25. The molecule has 2 aliphatic heterocycles. The number of nitrogens with one attached hydrogen (secondary N) is 2. The lowest BCUT2D eigenvalue weighted by atomic mass is 9.97. The second kappa shape index (κ2) is 30.8. The van der Waals surface area contributed by atoms with Crippen LogP contribution in [0.25, 0.3) is 0 Å². The van der Waals surface area contributed by atoms with E-state index in [1.165, 1.54) is 32.9 Å². The van der Waals surface area contributed by atoms with Crippen LogP contribution in [0.4, 0.5) is 0 Å². The Balaban J connectivity index is -0.000000171. The summed E-state index contributed by atoms with van der Waals surface area (Å²) in [6, 6.07) is 0. The van der Waals surface area contributed by atoms with Crippen LogP contribution in [0.1, 0.15) is 94.4 Å². The highest BCUT2D eigenvalue weighted by Crippen LogP contribution is 2.11. The molecule has 2 saturated heterocycles. The number of ketones is 1. The third kappa shape index (κ3) is 25.1. The minimum Gasteiger partial charge on any atom is -0.355 e. The van der Waals surface area contributed by atoms with Crippen LogP contribution < -0.4 is 10.6 Å². The summed E-state index contributed by atoms with van der Waals surface area (Å²) in [7, 11) is 2.17. The predicted octanol–water partition coefficient (Wildman–Crippen LogP) is 4.90. The Morgan fingerprint density at radius 2 is 1.32 bits per heavy atom. The quantitative estimate of drug-likeness (QED) is 0.701. The number of hydrogen-bond donors (Lipinski definition) is 2. The molecule has 5 heteroatoms. The zero-order valence-electron chi connectivity index (χ0n) is 20.9. The first-order valence-corrected chi connectivity index (χ1v) is 11.8. The van der Waals surface area contributed by atoms with E-state index >= 15 is 0 Å². The second-order valence-corrected chi connectivity index (χ2v) is 5.78. The summed E-state index contributed by atoms with van der Waals surface area (Å²) in [5.74, 6) is 0.367. The van der Waals surface area contributed by atoms with Crippen molar-refractivity contribution in [3.8, 4) is 0 Å². The smallest absolute Gasteiger partial charge is 0.223 e.